The number of morpholine rings is 1. The molecule has 0 bridgehead atoms. The van der Waals surface area contributed by atoms with Gasteiger partial charge in [0.1, 0.15) is 0 Å². The maximum absolute atomic E-state index is 12.7. The van der Waals surface area contributed by atoms with E-state index in [1.54, 1.807) is 0 Å². The van der Waals surface area contributed by atoms with Gasteiger partial charge in [-0.15, -0.1) is 0 Å². The summed E-state index contributed by atoms with van der Waals surface area (Å²) in [6.07, 6.45) is 2.48. The van der Waals surface area contributed by atoms with Crippen molar-refractivity contribution in [2.45, 2.75) is 31.0 Å². The van der Waals surface area contributed by atoms with Crippen LogP contribution in [0.2, 0.25) is 0 Å². The van der Waals surface area contributed by atoms with Crippen molar-refractivity contribution in [1.29, 1.82) is 0 Å². The van der Waals surface area contributed by atoms with Crippen molar-refractivity contribution in [3.8, 4) is 0 Å². The van der Waals surface area contributed by atoms with Gasteiger partial charge < -0.3 is 15.0 Å². The molecule has 3 rings (SSSR count). The lowest BCUT2D eigenvalue weighted by Crippen LogP contribution is -2.43. The van der Waals surface area contributed by atoms with Crippen LogP contribution in [0.15, 0.2) is 40.3 Å². The molecule has 2 heterocycles. The Morgan fingerprint density at radius 2 is 2.03 bits per heavy atom. The van der Waals surface area contributed by atoms with Gasteiger partial charge in [0.25, 0.3) is 5.56 Å². The van der Waals surface area contributed by atoms with Crippen LogP contribution in [0.4, 0.5) is 0 Å². The highest BCUT2D eigenvalue weighted by atomic mass is 32.2. The largest absolute Gasteiger partial charge is 0.379 e. The fraction of sp³-hybridized carbons (Fsp3) is 0.476. The number of aromatic nitrogens is 2. The van der Waals surface area contributed by atoms with E-state index < -0.39 is 0 Å². The summed E-state index contributed by atoms with van der Waals surface area (Å²) in [6.45, 7) is 5.71. The van der Waals surface area contributed by atoms with Crippen LogP contribution in [-0.4, -0.2) is 59.9 Å². The van der Waals surface area contributed by atoms with Crippen molar-refractivity contribution in [2.24, 2.45) is 0 Å². The van der Waals surface area contributed by atoms with Gasteiger partial charge in [-0.05, 0) is 25.2 Å². The first-order valence-corrected chi connectivity index (χ1v) is 11.1. The molecule has 0 radical (unpaired) electrons. The Hall–Kier alpha value is -2.16. The van der Waals surface area contributed by atoms with E-state index in [1.807, 2.05) is 43.5 Å². The lowest BCUT2D eigenvalue weighted by molar-refractivity contribution is -0.122. The first kappa shape index (κ1) is 21.5. The quantitative estimate of drug-likeness (QED) is 0.505. The molecule has 1 atom stereocenters. The number of nitrogens with zero attached hydrogens (tertiary/aromatic N) is 2. The summed E-state index contributed by atoms with van der Waals surface area (Å²) in [4.78, 5) is 34.4. The standard InChI is InChI=1S/C21H28N4O3S/c1-15-17(20(27)24-21(22-15)29-2)8-9-19(26)23-18(16-6-4-3-5-7-16)14-25-10-12-28-13-11-25/h3-7,18H,8-14H2,1-2H3,(H,23,26)(H,22,24,27)/t18-/m0/s1. The van der Waals surface area contributed by atoms with Gasteiger partial charge >= 0.3 is 0 Å². The molecule has 1 saturated heterocycles. The molecule has 1 aromatic carbocycles. The van der Waals surface area contributed by atoms with Crippen molar-refractivity contribution >= 4 is 17.7 Å². The van der Waals surface area contributed by atoms with E-state index in [2.05, 4.69) is 20.2 Å². The van der Waals surface area contributed by atoms with E-state index in [0.717, 1.165) is 38.4 Å². The van der Waals surface area contributed by atoms with Gasteiger partial charge in [-0.25, -0.2) is 4.98 Å². The van der Waals surface area contributed by atoms with Crippen molar-refractivity contribution < 1.29 is 9.53 Å². The number of carbonyl (C=O) groups excluding carboxylic acids is 1. The zero-order chi connectivity index (χ0) is 20.6. The molecule has 0 saturated carbocycles. The second kappa shape index (κ2) is 10.6. The minimum atomic E-state index is -0.164. The van der Waals surface area contributed by atoms with Crippen LogP contribution >= 0.6 is 11.8 Å². The topological polar surface area (TPSA) is 87.3 Å². The van der Waals surface area contributed by atoms with Crippen LogP contribution < -0.4 is 10.9 Å². The second-order valence-corrected chi connectivity index (χ2v) is 7.88. The molecule has 0 spiro atoms. The molecule has 2 aromatic rings. The Morgan fingerprint density at radius 1 is 1.31 bits per heavy atom. The summed E-state index contributed by atoms with van der Waals surface area (Å²) in [6, 6.07) is 9.90. The van der Waals surface area contributed by atoms with Gasteiger partial charge in [0.05, 0.1) is 19.3 Å². The van der Waals surface area contributed by atoms with E-state index in [1.165, 1.54) is 11.8 Å². The van der Waals surface area contributed by atoms with Crippen molar-refractivity contribution in [3.05, 3.63) is 57.5 Å². The third kappa shape index (κ3) is 6.16. The predicted molar refractivity (Wildman–Crippen MR) is 114 cm³/mol. The fourth-order valence-corrected chi connectivity index (χ4v) is 3.87. The molecule has 1 aromatic heterocycles. The predicted octanol–water partition coefficient (Wildman–Crippen LogP) is 1.92. The Balaban J connectivity index is 1.64. The lowest BCUT2D eigenvalue weighted by Gasteiger charge is -2.31. The van der Waals surface area contributed by atoms with Crippen LogP contribution in [0.25, 0.3) is 0 Å². The van der Waals surface area contributed by atoms with Crippen molar-refractivity contribution in [1.82, 2.24) is 20.2 Å². The van der Waals surface area contributed by atoms with Crippen LogP contribution in [0.5, 0.6) is 0 Å². The maximum Gasteiger partial charge on any atom is 0.254 e. The van der Waals surface area contributed by atoms with Crippen LogP contribution in [0, 0.1) is 6.92 Å². The molecule has 0 aliphatic carbocycles. The number of carbonyl (C=O) groups is 1. The number of H-pyrrole nitrogens is 1. The van der Waals surface area contributed by atoms with Crippen molar-refractivity contribution in [3.63, 3.8) is 0 Å². The third-order valence-corrected chi connectivity index (χ3v) is 5.66. The van der Waals surface area contributed by atoms with E-state index in [9.17, 15) is 9.59 Å². The summed E-state index contributed by atoms with van der Waals surface area (Å²) in [5.74, 6) is -0.0696. The molecule has 1 aliphatic rings. The van der Waals surface area contributed by atoms with Gasteiger partial charge in [0, 0.05) is 37.3 Å². The molecule has 29 heavy (non-hydrogen) atoms. The Kier molecular flexibility index (Phi) is 7.85. The summed E-state index contributed by atoms with van der Waals surface area (Å²) in [7, 11) is 0. The van der Waals surface area contributed by atoms with E-state index in [0.29, 0.717) is 22.8 Å². The minimum Gasteiger partial charge on any atom is -0.379 e. The van der Waals surface area contributed by atoms with Crippen LogP contribution in [0.3, 0.4) is 0 Å². The molecule has 2 N–H and O–H groups in total. The molecule has 1 amide bonds. The zero-order valence-electron chi connectivity index (χ0n) is 16.9. The number of aromatic amines is 1. The number of thioether (sulfide) groups is 1. The number of nitrogens with one attached hydrogen (secondary N) is 2. The number of hydrogen-bond acceptors (Lipinski definition) is 6. The molecule has 1 aliphatic heterocycles. The van der Waals surface area contributed by atoms with E-state index >= 15 is 0 Å². The Labute approximate surface area is 175 Å². The Morgan fingerprint density at radius 3 is 2.69 bits per heavy atom. The summed E-state index contributed by atoms with van der Waals surface area (Å²) in [5, 5.41) is 3.75. The number of rotatable bonds is 8. The minimum absolute atomic E-state index is 0.0696. The highest BCUT2D eigenvalue weighted by molar-refractivity contribution is 7.98. The smallest absolute Gasteiger partial charge is 0.254 e. The summed E-state index contributed by atoms with van der Waals surface area (Å²) >= 11 is 1.39. The fourth-order valence-electron chi connectivity index (χ4n) is 3.44. The number of ether oxygens (including phenoxy) is 1. The third-order valence-electron chi connectivity index (χ3n) is 5.08. The zero-order valence-corrected chi connectivity index (χ0v) is 17.8. The number of amides is 1. The van der Waals surface area contributed by atoms with E-state index in [4.69, 9.17) is 4.74 Å². The van der Waals surface area contributed by atoms with Gasteiger partial charge in [-0.2, -0.15) is 0 Å². The average Bonchev–Trinajstić information content (AvgIpc) is 2.74. The van der Waals surface area contributed by atoms with Gasteiger partial charge in [-0.1, -0.05) is 42.1 Å². The molecule has 156 valence electrons. The number of hydrogen-bond donors (Lipinski definition) is 2. The van der Waals surface area contributed by atoms with E-state index in [-0.39, 0.29) is 23.9 Å². The van der Waals surface area contributed by atoms with Crippen molar-refractivity contribution in [2.75, 3.05) is 39.1 Å². The monoisotopic (exact) mass is 416 g/mol. The van der Waals surface area contributed by atoms with Crippen LogP contribution in [0.1, 0.15) is 29.3 Å². The normalized spacial score (nSPS) is 15.8. The highest BCUT2D eigenvalue weighted by Gasteiger charge is 2.20. The molecule has 0 unspecified atom stereocenters. The average molecular weight is 417 g/mol. The van der Waals surface area contributed by atoms with Gasteiger partial charge in [0.2, 0.25) is 5.91 Å². The molecular weight excluding hydrogens is 388 g/mol. The van der Waals surface area contributed by atoms with Gasteiger partial charge in [0.15, 0.2) is 5.16 Å². The first-order chi connectivity index (χ1) is 14.1. The SMILES string of the molecule is CSc1nc(C)c(CCC(=O)N[C@@H](CN2CCOCC2)c2ccccc2)c(=O)[nH]1. The summed E-state index contributed by atoms with van der Waals surface area (Å²) in [5.41, 5.74) is 2.16. The maximum atomic E-state index is 12.7. The number of aryl methyl sites for hydroxylation is 1. The highest BCUT2D eigenvalue weighted by Crippen LogP contribution is 2.16. The summed E-state index contributed by atoms with van der Waals surface area (Å²) < 4.78 is 5.43. The molecule has 8 heteroatoms. The van der Waals surface area contributed by atoms with Crippen LogP contribution in [-0.2, 0) is 16.0 Å². The second-order valence-electron chi connectivity index (χ2n) is 7.08. The lowest BCUT2D eigenvalue weighted by atomic mass is 10.0. The Bertz CT molecular complexity index is 866. The molecular formula is C21H28N4O3S. The molecule has 7 nitrogen and oxygen atoms in total. The molecule has 1 fully saturated rings. The number of benzene rings is 1. The first-order valence-electron chi connectivity index (χ1n) is 9.85. The van der Waals surface area contributed by atoms with Gasteiger partial charge in [-0.3, -0.25) is 14.5 Å².